The Kier molecular flexibility index (Phi) is 4.72. The van der Waals surface area contributed by atoms with Crippen molar-refractivity contribution in [2.75, 3.05) is 6.61 Å². The van der Waals surface area contributed by atoms with E-state index in [1.165, 1.54) is 19.9 Å². The molecule has 0 aromatic heterocycles. The van der Waals surface area contributed by atoms with Crippen LogP contribution in [0.3, 0.4) is 0 Å². The second-order valence-corrected chi connectivity index (χ2v) is 5.04. The van der Waals surface area contributed by atoms with Crippen molar-refractivity contribution in [1.29, 1.82) is 0 Å². The van der Waals surface area contributed by atoms with Crippen LogP contribution in [0.15, 0.2) is 12.7 Å². The summed E-state index contributed by atoms with van der Waals surface area (Å²) in [4.78, 5) is 23.1. The van der Waals surface area contributed by atoms with Crippen LogP contribution in [-0.2, 0) is 19.1 Å². The molecule has 0 unspecified atom stereocenters. The predicted octanol–water partition coefficient (Wildman–Crippen LogP) is 2.08. The summed E-state index contributed by atoms with van der Waals surface area (Å²) < 4.78 is 9.95. The summed E-state index contributed by atoms with van der Waals surface area (Å²) >= 11 is 0. The molecule has 0 bridgehead atoms. The fourth-order valence-corrected chi connectivity index (χ4v) is 0.735. The van der Waals surface area contributed by atoms with E-state index in [2.05, 4.69) is 6.58 Å². The van der Waals surface area contributed by atoms with Crippen LogP contribution in [0.1, 0.15) is 34.6 Å². The van der Waals surface area contributed by atoms with Crippen LogP contribution < -0.4 is 0 Å². The maximum absolute atomic E-state index is 11.6. The van der Waals surface area contributed by atoms with Gasteiger partial charge in [0.1, 0.15) is 6.61 Å². The van der Waals surface area contributed by atoms with Gasteiger partial charge >= 0.3 is 11.9 Å². The van der Waals surface area contributed by atoms with Crippen LogP contribution >= 0.6 is 0 Å². The van der Waals surface area contributed by atoms with E-state index >= 15 is 0 Å². The summed E-state index contributed by atoms with van der Waals surface area (Å²) in [7, 11) is 0. The summed E-state index contributed by atoms with van der Waals surface area (Å²) in [5.74, 6) is -1.02. The summed E-state index contributed by atoms with van der Waals surface area (Å²) in [5, 5.41) is 0. The van der Waals surface area contributed by atoms with Gasteiger partial charge in [0, 0.05) is 0 Å². The molecular formula is C12H20O4. The Labute approximate surface area is 96.6 Å². The highest BCUT2D eigenvalue weighted by atomic mass is 16.6. The van der Waals surface area contributed by atoms with E-state index < -0.39 is 23.0 Å². The number of carbonyl (C=O) groups excluding carboxylic acids is 2. The van der Waals surface area contributed by atoms with Gasteiger partial charge in [0.05, 0.1) is 5.41 Å². The number of hydrogen-bond acceptors (Lipinski definition) is 4. The quantitative estimate of drug-likeness (QED) is 0.546. The third-order valence-corrected chi connectivity index (χ3v) is 1.78. The molecule has 0 N–H and O–H groups in total. The van der Waals surface area contributed by atoms with Crippen LogP contribution in [0, 0.1) is 5.41 Å². The first-order valence-electron chi connectivity index (χ1n) is 5.13. The predicted molar refractivity (Wildman–Crippen MR) is 60.8 cm³/mol. The number of ether oxygens (including phenoxy) is 2. The first kappa shape index (κ1) is 14.7. The van der Waals surface area contributed by atoms with Gasteiger partial charge in [-0.15, -0.1) is 0 Å². The SMILES string of the molecule is C=CCOC(=O)C(C)(C)OC(=O)C(C)(C)C. The normalized spacial score (nSPS) is 11.8. The summed E-state index contributed by atoms with van der Waals surface area (Å²) in [5.41, 5.74) is -1.91. The third kappa shape index (κ3) is 4.47. The number of esters is 2. The zero-order valence-electron chi connectivity index (χ0n) is 10.6. The standard InChI is InChI=1S/C12H20O4/c1-7-8-15-10(14)12(5,6)16-9(13)11(2,3)4/h7H,1,8H2,2-6H3. The second-order valence-electron chi connectivity index (χ2n) is 5.04. The minimum Gasteiger partial charge on any atom is -0.459 e. The van der Waals surface area contributed by atoms with Crippen molar-refractivity contribution in [3.05, 3.63) is 12.7 Å². The fraction of sp³-hybridized carbons (Fsp3) is 0.667. The molecule has 0 amide bonds. The number of rotatable bonds is 4. The zero-order chi connectivity index (χ0) is 13.0. The van der Waals surface area contributed by atoms with Gasteiger partial charge in [-0.1, -0.05) is 12.7 Å². The number of hydrogen-bond donors (Lipinski definition) is 0. The molecular weight excluding hydrogens is 208 g/mol. The van der Waals surface area contributed by atoms with Crippen LogP contribution in [0.4, 0.5) is 0 Å². The maximum Gasteiger partial charge on any atom is 0.350 e. The Morgan fingerprint density at radius 3 is 2.00 bits per heavy atom. The van der Waals surface area contributed by atoms with E-state index in [0.29, 0.717) is 0 Å². The van der Waals surface area contributed by atoms with Gasteiger partial charge in [-0.05, 0) is 34.6 Å². The van der Waals surface area contributed by atoms with E-state index in [0.717, 1.165) is 0 Å². The average molecular weight is 228 g/mol. The Hall–Kier alpha value is -1.32. The smallest absolute Gasteiger partial charge is 0.350 e. The average Bonchev–Trinajstić information content (AvgIpc) is 2.11. The largest absolute Gasteiger partial charge is 0.459 e. The van der Waals surface area contributed by atoms with E-state index in [4.69, 9.17) is 9.47 Å². The summed E-state index contributed by atoms with van der Waals surface area (Å²) in [6.45, 7) is 11.7. The molecule has 0 atom stereocenters. The topological polar surface area (TPSA) is 52.6 Å². The minimum atomic E-state index is -1.27. The van der Waals surface area contributed by atoms with Crippen molar-refractivity contribution in [3.63, 3.8) is 0 Å². The van der Waals surface area contributed by atoms with Gasteiger partial charge in [-0.3, -0.25) is 4.79 Å². The van der Waals surface area contributed by atoms with Crippen molar-refractivity contribution in [2.45, 2.75) is 40.2 Å². The molecule has 4 nitrogen and oxygen atoms in total. The van der Waals surface area contributed by atoms with E-state index in [-0.39, 0.29) is 6.61 Å². The molecule has 0 aromatic rings. The second kappa shape index (κ2) is 5.14. The highest BCUT2D eigenvalue weighted by molar-refractivity contribution is 5.84. The highest BCUT2D eigenvalue weighted by Gasteiger charge is 2.37. The molecule has 0 spiro atoms. The van der Waals surface area contributed by atoms with Crippen molar-refractivity contribution < 1.29 is 19.1 Å². The van der Waals surface area contributed by atoms with Gasteiger partial charge in [0.2, 0.25) is 5.60 Å². The van der Waals surface area contributed by atoms with E-state index in [1.54, 1.807) is 20.8 Å². The zero-order valence-corrected chi connectivity index (χ0v) is 10.6. The first-order chi connectivity index (χ1) is 7.11. The fourth-order valence-electron chi connectivity index (χ4n) is 0.735. The van der Waals surface area contributed by atoms with E-state index in [9.17, 15) is 9.59 Å². The Bertz CT molecular complexity index is 284. The minimum absolute atomic E-state index is 0.106. The molecule has 16 heavy (non-hydrogen) atoms. The third-order valence-electron chi connectivity index (χ3n) is 1.78. The molecule has 0 rings (SSSR count). The lowest BCUT2D eigenvalue weighted by molar-refractivity contribution is -0.183. The van der Waals surface area contributed by atoms with Crippen LogP contribution in [-0.4, -0.2) is 24.1 Å². The summed E-state index contributed by atoms with van der Waals surface area (Å²) in [6.07, 6.45) is 1.46. The first-order valence-corrected chi connectivity index (χ1v) is 5.13. The molecule has 0 saturated heterocycles. The molecule has 92 valence electrons. The van der Waals surface area contributed by atoms with Crippen molar-refractivity contribution in [3.8, 4) is 0 Å². The molecule has 4 heteroatoms. The van der Waals surface area contributed by atoms with Gasteiger partial charge in [0.25, 0.3) is 0 Å². The van der Waals surface area contributed by atoms with Gasteiger partial charge in [0.15, 0.2) is 0 Å². The molecule has 0 radical (unpaired) electrons. The lowest BCUT2D eigenvalue weighted by Crippen LogP contribution is -2.41. The Balaban J connectivity index is 4.50. The van der Waals surface area contributed by atoms with Crippen LogP contribution in [0.2, 0.25) is 0 Å². The lowest BCUT2D eigenvalue weighted by Gasteiger charge is -2.27. The Morgan fingerprint density at radius 1 is 1.12 bits per heavy atom. The van der Waals surface area contributed by atoms with Gasteiger partial charge < -0.3 is 9.47 Å². The lowest BCUT2D eigenvalue weighted by atomic mass is 9.97. The van der Waals surface area contributed by atoms with Crippen molar-refractivity contribution in [1.82, 2.24) is 0 Å². The van der Waals surface area contributed by atoms with Crippen LogP contribution in [0.25, 0.3) is 0 Å². The van der Waals surface area contributed by atoms with Crippen LogP contribution in [0.5, 0.6) is 0 Å². The molecule has 0 fully saturated rings. The highest BCUT2D eigenvalue weighted by Crippen LogP contribution is 2.21. The molecule has 0 aliphatic heterocycles. The summed E-state index contributed by atoms with van der Waals surface area (Å²) in [6, 6.07) is 0. The van der Waals surface area contributed by atoms with Gasteiger partial charge in [-0.25, -0.2) is 4.79 Å². The van der Waals surface area contributed by atoms with Gasteiger partial charge in [-0.2, -0.15) is 0 Å². The number of carbonyl (C=O) groups is 2. The Morgan fingerprint density at radius 2 is 1.62 bits per heavy atom. The molecule has 0 aromatic carbocycles. The van der Waals surface area contributed by atoms with E-state index in [1.807, 2.05) is 0 Å². The molecule has 0 heterocycles. The monoisotopic (exact) mass is 228 g/mol. The van der Waals surface area contributed by atoms with Crippen molar-refractivity contribution >= 4 is 11.9 Å². The van der Waals surface area contributed by atoms with Crippen molar-refractivity contribution in [2.24, 2.45) is 5.41 Å². The maximum atomic E-state index is 11.6. The molecule has 0 saturated carbocycles. The molecule has 0 aliphatic rings. The molecule has 0 aliphatic carbocycles.